The van der Waals surface area contributed by atoms with Gasteiger partial charge in [0, 0.05) is 23.6 Å². The van der Waals surface area contributed by atoms with Gasteiger partial charge in [0.05, 0.1) is 17.7 Å². The number of hydrogen-bond acceptors (Lipinski definition) is 3. The molecule has 3 rings (SSSR count). The fourth-order valence-corrected chi connectivity index (χ4v) is 3.63. The summed E-state index contributed by atoms with van der Waals surface area (Å²) in [5.41, 5.74) is -0.0572. The van der Waals surface area contributed by atoms with Crippen molar-refractivity contribution in [3.63, 3.8) is 0 Å². The Balaban J connectivity index is 1.68. The molecule has 0 spiro atoms. The molecule has 3 unspecified atom stereocenters. The molecular formula is C20H26ClFN2O3. The van der Waals surface area contributed by atoms with E-state index in [2.05, 4.69) is 10.6 Å². The summed E-state index contributed by atoms with van der Waals surface area (Å²) in [4.78, 5) is 25.0. The fourth-order valence-electron chi connectivity index (χ4n) is 3.47. The van der Waals surface area contributed by atoms with Crippen molar-refractivity contribution in [1.29, 1.82) is 0 Å². The van der Waals surface area contributed by atoms with Gasteiger partial charge in [-0.25, -0.2) is 4.39 Å². The summed E-state index contributed by atoms with van der Waals surface area (Å²) in [6.45, 7) is 2.61. The maximum Gasteiger partial charge on any atom is 0.254 e. The quantitative estimate of drug-likeness (QED) is 0.741. The molecule has 5 nitrogen and oxygen atoms in total. The van der Waals surface area contributed by atoms with Gasteiger partial charge in [0.2, 0.25) is 5.91 Å². The van der Waals surface area contributed by atoms with Crippen LogP contribution < -0.4 is 10.6 Å². The maximum absolute atomic E-state index is 14.1. The normalized spacial score (nSPS) is 25.1. The Kier molecular flexibility index (Phi) is 6.71. The van der Waals surface area contributed by atoms with Crippen LogP contribution in [0.2, 0.25) is 5.02 Å². The molecule has 0 bridgehead atoms. The van der Waals surface area contributed by atoms with Crippen molar-refractivity contribution in [2.45, 2.75) is 63.6 Å². The van der Waals surface area contributed by atoms with Gasteiger partial charge in [0.1, 0.15) is 5.82 Å². The highest BCUT2D eigenvalue weighted by molar-refractivity contribution is 6.30. The van der Waals surface area contributed by atoms with Crippen molar-refractivity contribution in [3.05, 3.63) is 34.6 Å². The van der Waals surface area contributed by atoms with Gasteiger partial charge in [0.25, 0.3) is 5.91 Å². The highest BCUT2D eigenvalue weighted by Gasteiger charge is 2.37. The second-order valence-electron chi connectivity index (χ2n) is 7.41. The van der Waals surface area contributed by atoms with Gasteiger partial charge in [-0.2, -0.15) is 0 Å². The van der Waals surface area contributed by atoms with Gasteiger partial charge in [0.15, 0.2) is 0 Å². The molecule has 2 amide bonds. The van der Waals surface area contributed by atoms with E-state index in [9.17, 15) is 14.0 Å². The smallest absolute Gasteiger partial charge is 0.254 e. The van der Waals surface area contributed by atoms with E-state index in [1.165, 1.54) is 12.1 Å². The summed E-state index contributed by atoms with van der Waals surface area (Å²) < 4.78 is 20.0. The van der Waals surface area contributed by atoms with Crippen LogP contribution in [0, 0.1) is 11.7 Å². The molecule has 0 aliphatic heterocycles. The predicted molar refractivity (Wildman–Crippen MR) is 101 cm³/mol. The van der Waals surface area contributed by atoms with Crippen LogP contribution in [0.25, 0.3) is 0 Å². The van der Waals surface area contributed by atoms with Gasteiger partial charge >= 0.3 is 0 Å². The average molecular weight is 397 g/mol. The lowest BCUT2D eigenvalue weighted by Crippen LogP contribution is -2.50. The Morgan fingerprint density at radius 1 is 1.22 bits per heavy atom. The summed E-state index contributed by atoms with van der Waals surface area (Å²) in [6.07, 6.45) is 4.69. The van der Waals surface area contributed by atoms with Crippen molar-refractivity contribution in [2.75, 3.05) is 6.61 Å². The number of rotatable bonds is 7. The van der Waals surface area contributed by atoms with Crippen LogP contribution in [0.4, 0.5) is 4.39 Å². The third kappa shape index (κ3) is 5.42. The molecule has 3 atom stereocenters. The molecule has 0 heterocycles. The van der Waals surface area contributed by atoms with Gasteiger partial charge in [-0.05, 0) is 56.7 Å². The Morgan fingerprint density at radius 2 is 2.00 bits per heavy atom. The number of hydrogen-bond donors (Lipinski definition) is 2. The lowest BCUT2D eigenvalue weighted by molar-refractivity contribution is -0.127. The van der Waals surface area contributed by atoms with Crippen molar-refractivity contribution >= 4 is 23.4 Å². The number of amides is 2. The van der Waals surface area contributed by atoms with Crippen LogP contribution in [-0.4, -0.2) is 36.6 Å². The topological polar surface area (TPSA) is 67.4 Å². The number of benzene rings is 1. The first-order chi connectivity index (χ1) is 13.0. The zero-order chi connectivity index (χ0) is 19.4. The number of carbonyl (C=O) groups excluding carboxylic acids is 2. The van der Waals surface area contributed by atoms with Crippen molar-refractivity contribution in [1.82, 2.24) is 10.6 Å². The molecule has 2 N–H and O–H groups in total. The molecular weight excluding hydrogens is 371 g/mol. The third-order valence-electron chi connectivity index (χ3n) is 5.11. The van der Waals surface area contributed by atoms with Crippen LogP contribution in [-0.2, 0) is 9.53 Å². The molecule has 27 heavy (non-hydrogen) atoms. The SMILES string of the molecule is CCCOC1CCC(C(=O)NC2CC2)CC1NC(=O)c1ccc(Cl)cc1F. The second-order valence-corrected chi connectivity index (χ2v) is 7.84. The van der Waals surface area contributed by atoms with Crippen molar-refractivity contribution in [2.24, 2.45) is 5.92 Å². The molecule has 2 saturated carbocycles. The standard InChI is InChI=1S/C20H26ClFN2O3/c1-2-9-27-18-8-3-12(19(25)23-14-5-6-14)10-17(18)24-20(26)15-7-4-13(21)11-16(15)22/h4,7,11-12,14,17-18H,2-3,5-6,8-10H2,1H3,(H,23,25)(H,24,26). The Bertz CT molecular complexity index is 696. The van der Waals surface area contributed by atoms with Crippen molar-refractivity contribution in [3.8, 4) is 0 Å². The van der Waals surface area contributed by atoms with Crippen LogP contribution in [0.15, 0.2) is 18.2 Å². The van der Waals surface area contributed by atoms with Crippen LogP contribution in [0.1, 0.15) is 55.8 Å². The highest BCUT2D eigenvalue weighted by Crippen LogP contribution is 2.29. The number of carbonyl (C=O) groups is 2. The average Bonchev–Trinajstić information content (AvgIpc) is 3.44. The van der Waals surface area contributed by atoms with Crippen LogP contribution in [0.3, 0.4) is 0 Å². The van der Waals surface area contributed by atoms with E-state index in [4.69, 9.17) is 16.3 Å². The summed E-state index contributed by atoms with van der Waals surface area (Å²) in [7, 11) is 0. The Labute approximate surface area is 164 Å². The molecule has 1 aromatic rings. The van der Waals surface area contributed by atoms with Crippen LogP contribution in [0.5, 0.6) is 0 Å². The van der Waals surface area contributed by atoms with E-state index >= 15 is 0 Å². The fraction of sp³-hybridized carbons (Fsp3) is 0.600. The van der Waals surface area contributed by atoms with E-state index < -0.39 is 11.7 Å². The molecule has 2 fully saturated rings. The molecule has 2 aliphatic carbocycles. The van der Waals surface area contributed by atoms with Crippen molar-refractivity contribution < 1.29 is 18.7 Å². The Hall–Kier alpha value is -1.66. The van der Waals surface area contributed by atoms with E-state index in [1.54, 1.807) is 0 Å². The van der Waals surface area contributed by atoms with Gasteiger partial charge in [-0.3, -0.25) is 9.59 Å². The molecule has 0 aromatic heterocycles. The number of nitrogens with one attached hydrogen (secondary N) is 2. The van der Waals surface area contributed by atoms with E-state index in [0.717, 1.165) is 31.7 Å². The number of ether oxygens (including phenoxy) is 1. The van der Waals surface area contributed by atoms with Crippen LogP contribution >= 0.6 is 11.6 Å². The molecule has 2 aliphatic rings. The summed E-state index contributed by atoms with van der Waals surface area (Å²) >= 11 is 5.76. The molecule has 7 heteroatoms. The summed E-state index contributed by atoms with van der Waals surface area (Å²) in [5, 5.41) is 6.16. The Morgan fingerprint density at radius 3 is 2.67 bits per heavy atom. The minimum atomic E-state index is -0.662. The highest BCUT2D eigenvalue weighted by atomic mass is 35.5. The summed E-state index contributed by atoms with van der Waals surface area (Å²) in [6, 6.07) is 3.95. The first-order valence-corrected chi connectivity index (χ1v) is 10.0. The molecule has 0 saturated heterocycles. The monoisotopic (exact) mass is 396 g/mol. The summed E-state index contributed by atoms with van der Waals surface area (Å²) in [5.74, 6) is -1.29. The second kappa shape index (κ2) is 9.02. The first kappa shape index (κ1) is 20.1. The van der Waals surface area contributed by atoms with Gasteiger partial charge in [-0.1, -0.05) is 18.5 Å². The lowest BCUT2D eigenvalue weighted by Gasteiger charge is -2.36. The maximum atomic E-state index is 14.1. The molecule has 148 valence electrons. The van der Waals surface area contributed by atoms with E-state index in [1.807, 2.05) is 6.92 Å². The minimum Gasteiger partial charge on any atom is -0.376 e. The minimum absolute atomic E-state index is 0.0448. The third-order valence-corrected chi connectivity index (χ3v) is 5.34. The largest absolute Gasteiger partial charge is 0.376 e. The van der Waals surface area contributed by atoms with Gasteiger partial charge < -0.3 is 15.4 Å². The zero-order valence-corrected chi connectivity index (χ0v) is 16.2. The van der Waals surface area contributed by atoms with E-state index in [0.29, 0.717) is 25.5 Å². The lowest BCUT2D eigenvalue weighted by atomic mass is 9.82. The number of halogens is 2. The molecule has 1 aromatic carbocycles. The zero-order valence-electron chi connectivity index (χ0n) is 15.5. The first-order valence-electron chi connectivity index (χ1n) is 9.65. The van der Waals surface area contributed by atoms with E-state index in [-0.39, 0.29) is 34.6 Å². The predicted octanol–water partition coefficient (Wildman–Crippen LogP) is 3.45. The van der Waals surface area contributed by atoms with Gasteiger partial charge in [-0.15, -0.1) is 0 Å². The molecule has 0 radical (unpaired) electrons.